The van der Waals surface area contributed by atoms with Crippen LogP contribution in [-0.2, 0) is 17.1 Å². The molecule has 0 radical (unpaired) electrons. The van der Waals surface area contributed by atoms with Crippen molar-refractivity contribution in [2.45, 2.75) is 30.2 Å². The molecule has 6 nitrogen and oxygen atoms in total. The lowest BCUT2D eigenvalue weighted by Gasteiger charge is -2.21. The van der Waals surface area contributed by atoms with Crippen LogP contribution in [0.15, 0.2) is 32.3 Å². The fourth-order valence-electron chi connectivity index (χ4n) is 2.35. The van der Waals surface area contributed by atoms with Gasteiger partial charge >= 0.3 is 5.76 Å². The van der Waals surface area contributed by atoms with Gasteiger partial charge < -0.3 is 4.42 Å². The van der Waals surface area contributed by atoms with E-state index in [-0.39, 0.29) is 16.5 Å². The SMILES string of the molecule is Cn1c(=O)oc2cc(S(=O)(=O)N(CC(F)F)C3CC3)ccc21. The molecule has 0 amide bonds. The third-order valence-corrected chi connectivity index (χ3v) is 5.56. The van der Waals surface area contributed by atoms with Crippen molar-refractivity contribution >= 4 is 21.1 Å². The summed E-state index contributed by atoms with van der Waals surface area (Å²) in [5.74, 6) is -0.615. The molecule has 0 aliphatic heterocycles. The second-order valence-corrected chi connectivity index (χ2v) is 7.14. The first-order chi connectivity index (χ1) is 10.3. The monoisotopic (exact) mass is 332 g/mol. The van der Waals surface area contributed by atoms with E-state index in [1.165, 1.54) is 29.8 Å². The highest BCUT2D eigenvalue weighted by Gasteiger charge is 2.39. The van der Waals surface area contributed by atoms with E-state index in [9.17, 15) is 22.0 Å². The number of sulfonamides is 1. The van der Waals surface area contributed by atoms with Gasteiger partial charge in [-0.3, -0.25) is 4.57 Å². The molecule has 1 saturated carbocycles. The number of aromatic nitrogens is 1. The van der Waals surface area contributed by atoms with Gasteiger partial charge in [0.1, 0.15) is 0 Å². The molecule has 1 aliphatic carbocycles. The number of oxazole rings is 1. The summed E-state index contributed by atoms with van der Waals surface area (Å²) in [7, 11) is -2.55. The molecule has 1 aromatic carbocycles. The molecule has 0 unspecified atom stereocenters. The first-order valence-corrected chi connectivity index (χ1v) is 8.14. The number of hydrogen-bond acceptors (Lipinski definition) is 4. The van der Waals surface area contributed by atoms with Crippen LogP contribution in [0.4, 0.5) is 8.78 Å². The van der Waals surface area contributed by atoms with Crippen LogP contribution >= 0.6 is 0 Å². The van der Waals surface area contributed by atoms with E-state index in [4.69, 9.17) is 4.42 Å². The summed E-state index contributed by atoms with van der Waals surface area (Å²) in [6.45, 7) is -0.830. The van der Waals surface area contributed by atoms with Gasteiger partial charge in [-0.2, -0.15) is 4.31 Å². The number of halogens is 2. The van der Waals surface area contributed by atoms with E-state index in [1.54, 1.807) is 0 Å². The van der Waals surface area contributed by atoms with Crippen LogP contribution in [0.3, 0.4) is 0 Å². The van der Waals surface area contributed by atoms with Gasteiger partial charge in [0.2, 0.25) is 10.0 Å². The standard InChI is InChI=1S/C13H14F2N2O4S/c1-16-10-5-4-9(6-11(10)21-13(16)18)22(19,20)17(7-12(14)15)8-2-3-8/h4-6,8,12H,2-3,7H2,1H3. The van der Waals surface area contributed by atoms with Gasteiger partial charge in [0.25, 0.3) is 6.43 Å². The van der Waals surface area contributed by atoms with Gasteiger partial charge in [0.05, 0.1) is 17.0 Å². The second-order valence-electron chi connectivity index (χ2n) is 5.25. The van der Waals surface area contributed by atoms with Crippen molar-refractivity contribution < 1.29 is 21.6 Å². The number of rotatable bonds is 5. The maximum absolute atomic E-state index is 12.7. The predicted molar refractivity (Wildman–Crippen MR) is 74.4 cm³/mol. The Balaban J connectivity index is 2.05. The van der Waals surface area contributed by atoms with Gasteiger partial charge in [-0.05, 0) is 25.0 Å². The van der Waals surface area contributed by atoms with E-state index >= 15 is 0 Å². The minimum absolute atomic E-state index is 0.112. The normalized spacial score (nSPS) is 16.0. The van der Waals surface area contributed by atoms with Crippen molar-refractivity contribution in [3.05, 3.63) is 28.7 Å². The van der Waals surface area contributed by atoms with Gasteiger partial charge in [-0.15, -0.1) is 0 Å². The number of benzene rings is 1. The minimum Gasteiger partial charge on any atom is -0.408 e. The van der Waals surface area contributed by atoms with Crippen LogP contribution in [-0.4, -0.2) is 36.3 Å². The summed E-state index contributed by atoms with van der Waals surface area (Å²) in [5.41, 5.74) is 0.553. The summed E-state index contributed by atoms with van der Waals surface area (Å²) in [6.07, 6.45) is -1.59. The zero-order valence-corrected chi connectivity index (χ0v) is 12.5. The van der Waals surface area contributed by atoms with Crippen LogP contribution in [0.5, 0.6) is 0 Å². The highest BCUT2D eigenvalue weighted by Crippen LogP contribution is 2.33. The first kappa shape index (κ1) is 15.2. The lowest BCUT2D eigenvalue weighted by molar-refractivity contribution is 0.117. The van der Waals surface area contributed by atoms with Crippen LogP contribution < -0.4 is 5.76 Å². The largest absolute Gasteiger partial charge is 0.419 e. The molecule has 22 heavy (non-hydrogen) atoms. The maximum atomic E-state index is 12.7. The fourth-order valence-corrected chi connectivity index (χ4v) is 4.03. The summed E-state index contributed by atoms with van der Waals surface area (Å²) >= 11 is 0. The third-order valence-electron chi connectivity index (χ3n) is 3.64. The van der Waals surface area contributed by atoms with Crippen molar-refractivity contribution in [2.24, 2.45) is 7.05 Å². The molecule has 1 aliphatic rings. The number of aryl methyl sites for hydroxylation is 1. The van der Waals surface area contributed by atoms with Gasteiger partial charge in [-0.25, -0.2) is 22.0 Å². The fraction of sp³-hybridized carbons (Fsp3) is 0.462. The first-order valence-electron chi connectivity index (χ1n) is 6.70. The molecule has 2 aromatic rings. The highest BCUT2D eigenvalue weighted by atomic mass is 32.2. The quantitative estimate of drug-likeness (QED) is 0.833. The van der Waals surface area contributed by atoms with Crippen LogP contribution in [0, 0.1) is 0 Å². The van der Waals surface area contributed by atoms with E-state index < -0.39 is 28.7 Å². The molecule has 0 spiro atoms. The Labute approximate surface area is 125 Å². The van der Waals surface area contributed by atoms with E-state index in [1.807, 2.05) is 0 Å². The van der Waals surface area contributed by atoms with Gasteiger partial charge in [-0.1, -0.05) is 0 Å². The number of alkyl halides is 2. The number of hydrogen-bond donors (Lipinski definition) is 0. The Morgan fingerprint density at radius 2 is 2.09 bits per heavy atom. The van der Waals surface area contributed by atoms with Crippen molar-refractivity contribution in [1.29, 1.82) is 0 Å². The van der Waals surface area contributed by atoms with E-state index in [0.29, 0.717) is 18.4 Å². The Bertz CT molecular complexity index is 868. The van der Waals surface area contributed by atoms with Crippen LogP contribution in [0.1, 0.15) is 12.8 Å². The molecule has 0 atom stereocenters. The second kappa shape index (κ2) is 5.17. The average Bonchev–Trinajstić information content (AvgIpc) is 3.23. The molecular weight excluding hydrogens is 318 g/mol. The van der Waals surface area contributed by atoms with E-state index in [0.717, 1.165) is 4.31 Å². The topological polar surface area (TPSA) is 72.5 Å². The van der Waals surface area contributed by atoms with Gasteiger partial charge in [0, 0.05) is 19.2 Å². The molecule has 3 rings (SSSR count). The zero-order valence-electron chi connectivity index (χ0n) is 11.7. The smallest absolute Gasteiger partial charge is 0.408 e. The maximum Gasteiger partial charge on any atom is 0.419 e. The Hall–Kier alpha value is -1.74. The molecular formula is C13H14F2N2O4S. The summed E-state index contributed by atoms with van der Waals surface area (Å²) in [6, 6.07) is 3.55. The average molecular weight is 332 g/mol. The van der Waals surface area contributed by atoms with Crippen molar-refractivity contribution in [3.8, 4) is 0 Å². The van der Waals surface area contributed by atoms with E-state index in [2.05, 4.69) is 0 Å². The Morgan fingerprint density at radius 3 is 2.68 bits per heavy atom. The minimum atomic E-state index is -4.05. The zero-order chi connectivity index (χ0) is 16.1. The van der Waals surface area contributed by atoms with Crippen LogP contribution in [0.2, 0.25) is 0 Å². The summed E-state index contributed by atoms with van der Waals surface area (Å²) in [5, 5.41) is 0. The molecule has 0 bridgehead atoms. The number of fused-ring (bicyclic) bond motifs is 1. The molecule has 9 heteroatoms. The van der Waals surface area contributed by atoms with Gasteiger partial charge in [0.15, 0.2) is 5.58 Å². The van der Waals surface area contributed by atoms with Crippen molar-refractivity contribution in [3.63, 3.8) is 0 Å². The van der Waals surface area contributed by atoms with Crippen LogP contribution in [0.25, 0.3) is 11.1 Å². The molecule has 1 fully saturated rings. The highest BCUT2D eigenvalue weighted by molar-refractivity contribution is 7.89. The Morgan fingerprint density at radius 1 is 1.41 bits per heavy atom. The summed E-state index contributed by atoms with van der Waals surface area (Å²) < 4.78 is 57.4. The summed E-state index contributed by atoms with van der Waals surface area (Å²) in [4.78, 5) is 11.3. The molecule has 120 valence electrons. The molecule has 0 N–H and O–H groups in total. The van der Waals surface area contributed by atoms with Crippen molar-refractivity contribution in [1.82, 2.24) is 8.87 Å². The lowest BCUT2D eigenvalue weighted by atomic mass is 10.3. The molecule has 1 heterocycles. The lowest BCUT2D eigenvalue weighted by Crippen LogP contribution is -2.36. The molecule has 1 aromatic heterocycles. The van der Waals surface area contributed by atoms with Crippen molar-refractivity contribution in [2.75, 3.05) is 6.54 Å². The predicted octanol–water partition coefficient (Wildman–Crippen LogP) is 1.55. The molecule has 0 saturated heterocycles. The third kappa shape index (κ3) is 2.54. The Kier molecular flexibility index (Phi) is 3.56. The number of nitrogens with zero attached hydrogens (tertiary/aromatic N) is 2.